The number of pyridine rings is 2. The summed E-state index contributed by atoms with van der Waals surface area (Å²) in [5.74, 6) is 0.624. The number of anilines is 2. The van der Waals surface area contributed by atoms with Crippen LogP contribution in [0, 0.1) is 5.92 Å². The van der Waals surface area contributed by atoms with Crippen LogP contribution >= 0.6 is 15.9 Å². The second-order valence-electron chi connectivity index (χ2n) is 14.6. The smallest absolute Gasteiger partial charge is 0.407 e. The molecule has 2 aromatic heterocycles. The third-order valence-electron chi connectivity index (χ3n) is 10.9. The van der Waals surface area contributed by atoms with E-state index >= 15 is 0 Å². The van der Waals surface area contributed by atoms with Gasteiger partial charge in [0.15, 0.2) is 0 Å². The molecule has 56 heavy (non-hydrogen) atoms. The van der Waals surface area contributed by atoms with E-state index in [0.717, 1.165) is 84.6 Å². The SMILES string of the molecule is CC(C)[C@H](NC(=O)OCC1c2ccccc2-c2ccccc21)C(=O)O/N=C1\c2ccccc2-c2c1c(N1CCN(c3ccccn3)CC1)nc1ccc(Br)cc21. The first-order valence-electron chi connectivity index (χ1n) is 18.9. The van der Waals surface area contributed by atoms with Gasteiger partial charge in [-0.25, -0.2) is 19.6 Å². The fraction of sp³-hybridized carbons (Fsp3) is 0.222. The van der Waals surface area contributed by atoms with E-state index in [1.165, 1.54) is 0 Å². The number of ether oxygens (including phenoxy) is 1. The van der Waals surface area contributed by atoms with Crippen molar-refractivity contribution in [3.63, 3.8) is 0 Å². The molecule has 1 fully saturated rings. The lowest BCUT2D eigenvalue weighted by Gasteiger charge is -2.37. The van der Waals surface area contributed by atoms with Crippen LogP contribution in [0.5, 0.6) is 0 Å². The van der Waals surface area contributed by atoms with Crippen LogP contribution in [0.4, 0.5) is 16.4 Å². The normalized spacial score (nSPS) is 15.7. The van der Waals surface area contributed by atoms with Crippen molar-refractivity contribution in [1.29, 1.82) is 0 Å². The highest BCUT2D eigenvalue weighted by atomic mass is 79.9. The van der Waals surface area contributed by atoms with Gasteiger partial charge >= 0.3 is 12.1 Å². The molecule has 1 aliphatic heterocycles. The predicted molar refractivity (Wildman–Crippen MR) is 222 cm³/mol. The fourth-order valence-corrected chi connectivity index (χ4v) is 8.55. The molecule has 0 saturated carbocycles. The quantitative estimate of drug-likeness (QED) is 0.120. The molecular formula is C45H39BrN6O4. The van der Waals surface area contributed by atoms with Gasteiger partial charge in [0.05, 0.1) is 11.1 Å². The number of hydrogen-bond acceptors (Lipinski definition) is 9. The minimum atomic E-state index is -1.00. The average molecular weight is 808 g/mol. The number of nitrogens with zero attached hydrogens (tertiary/aromatic N) is 5. The van der Waals surface area contributed by atoms with Gasteiger partial charge < -0.3 is 24.7 Å². The predicted octanol–water partition coefficient (Wildman–Crippen LogP) is 8.56. The topological polar surface area (TPSA) is 109 Å². The summed E-state index contributed by atoms with van der Waals surface area (Å²) in [7, 11) is 0. The summed E-state index contributed by atoms with van der Waals surface area (Å²) in [5.41, 5.74) is 9.48. The number of rotatable bonds is 8. The van der Waals surface area contributed by atoms with E-state index in [1.54, 1.807) is 0 Å². The van der Waals surface area contributed by atoms with Crippen LogP contribution in [-0.2, 0) is 14.4 Å². The molecule has 3 heterocycles. The number of amides is 1. The Morgan fingerprint density at radius 1 is 0.804 bits per heavy atom. The maximum atomic E-state index is 13.9. The highest BCUT2D eigenvalue weighted by molar-refractivity contribution is 9.10. The molecule has 0 spiro atoms. The summed E-state index contributed by atoms with van der Waals surface area (Å²) < 4.78 is 6.72. The molecule has 3 aliphatic rings. The van der Waals surface area contributed by atoms with E-state index in [2.05, 4.69) is 77.6 Å². The van der Waals surface area contributed by atoms with Crippen LogP contribution < -0.4 is 15.1 Å². The number of benzene rings is 4. The first-order chi connectivity index (χ1) is 27.4. The molecule has 0 radical (unpaired) electrons. The Morgan fingerprint density at radius 2 is 1.45 bits per heavy atom. The highest BCUT2D eigenvalue weighted by Crippen LogP contribution is 2.47. The molecule has 2 aliphatic carbocycles. The molecule has 11 heteroatoms. The molecule has 4 aromatic carbocycles. The first-order valence-corrected chi connectivity index (χ1v) is 19.7. The summed E-state index contributed by atoms with van der Waals surface area (Å²) in [6, 6.07) is 35.4. The van der Waals surface area contributed by atoms with Crippen LogP contribution in [0.15, 0.2) is 125 Å². The van der Waals surface area contributed by atoms with E-state index in [9.17, 15) is 9.59 Å². The van der Waals surface area contributed by atoms with E-state index in [4.69, 9.17) is 14.6 Å². The van der Waals surface area contributed by atoms with Crippen LogP contribution in [0.25, 0.3) is 33.2 Å². The first kappa shape index (κ1) is 35.6. The molecule has 1 saturated heterocycles. The van der Waals surface area contributed by atoms with Crippen molar-refractivity contribution in [2.24, 2.45) is 11.1 Å². The van der Waals surface area contributed by atoms with Crippen molar-refractivity contribution in [2.45, 2.75) is 25.8 Å². The second kappa shape index (κ2) is 14.9. The van der Waals surface area contributed by atoms with Crippen LogP contribution in [0.3, 0.4) is 0 Å². The summed E-state index contributed by atoms with van der Waals surface area (Å²) in [5, 5.41) is 8.34. The third kappa shape index (κ3) is 6.45. The third-order valence-corrected chi connectivity index (χ3v) is 11.4. The van der Waals surface area contributed by atoms with E-state index in [0.29, 0.717) is 18.8 Å². The Morgan fingerprint density at radius 3 is 2.12 bits per heavy atom. The van der Waals surface area contributed by atoms with Gasteiger partial charge in [-0.05, 0) is 64.1 Å². The monoisotopic (exact) mass is 806 g/mol. The number of oxime groups is 1. The molecule has 0 bridgehead atoms. The van der Waals surface area contributed by atoms with Crippen molar-refractivity contribution in [3.05, 3.63) is 142 Å². The van der Waals surface area contributed by atoms with Crippen molar-refractivity contribution < 1.29 is 19.2 Å². The van der Waals surface area contributed by atoms with Crippen molar-refractivity contribution in [1.82, 2.24) is 15.3 Å². The zero-order valence-electron chi connectivity index (χ0n) is 31.0. The number of alkyl carbamates (subject to hydrolysis) is 1. The average Bonchev–Trinajstić information content (AvgIpc) is 3.74. The van der Waals surface area contributed by atoms with E-state index in [1.807, 2.05) is 92.8 Å². The van der Waals surface area contributed by atoms with Gasteiger partial charge in [0.25, 0.3) is 0 Å². The molecule has 1 amide bonds. The highest BCUT2D eigenvalue weighted by Gasteiger charge is 2.36. The summed E-state index contributed by atoms with van der Waals surface area (Å²) >= 11 is 3.67. The Bertz CT molecular complexity index is 2470. The van der Waals surface area contributed by atoms with Gasteiger partial charge in [-0.15, -0.1) is 0 Å². The Labute approximate surface area is 333 Å². The number of fused-ring (bicyclic) bond motifs is 8. The molecule has 280 valence electrons. The van der Waals surface area contributed by atoms with Gasteiger partial charge in [0.2, 0.25) is 0 Å². The fourth-order valence-electron chi connectivity index (χ4n) is 8.19. The summed E-state index contributed by atoms with van der Waals surface area (Å²) in [4.78, 5) is 47.3. The van der Waals surface area contributed by atoms with Gasteiger partial charge in [0.1, 0.15) is 30.0 Å². The number of nitrogens with one attached hydrogen (secondary N) is 1. The summed E-state index contributed by atoms with van der Waals surface area (Å²) in [6.45, 7) is 6.77. The maximum Gasteiger partial charge on any atom is 0.407 e. The number of aromatic nitrogens is 2. The zero-order valence-corrected chi connectivity index (χ0v) is 32.6. The molecular weight excluding hydrogens is 768 g/mol. The lowest BCUT2D eigenvalue weighted by atomic mass is 9.98. The molecule has 1 atom stereocenters. The number of carbonyl (C=O) groups excluding carboxylic acids is 2. The Kier molecular flexibility index (Phi) is 9.46. The zero-order chi connectivity index (χ0) is 38.3. The van der Waals surface area contributed by atoms with Crippen molar-refractivity contribution in [3.8, 4) is 22.3 Å². The maximum absolute atomic E-state index is 13.9. The number of halogens is 1. The van der Waals surface area contributed by atoms with Crippen LogP contribution in [-0.4, -0.2) is 66.6 Å². The van der Waals surface area contributed by atoms with Crippen LogP contribution in [0.1, 0.15) is 42.0 Å². The van der Waals surface area contributed by atoms with Crippen molar-refractivity contribution in [2.75, 3.05) is 42.6 Å². The lowest BCUT2D eigenvalue weighted by molar-refractivity contribution is -0.147. The van der Waals surface area contributed by atoms with Gasteiger partial charge in [-0.2, -0.15) is 0 Å². The largest absolute Gasteiger partial charge is 0.449 e. The van der Waals surface area contributed by atoms with Gasteiger partial charge in [-0.3, -0.25) is 0 Å². The number of carbonyl (C=O) groups is 2. The van der Waals surface area contributed by atoms with Crippen molar-refractivity contribution >= 4 is 56.2 Å². The minimum absolute atomic E-state index is 0.107. The molecule has 0 unspecified atom stereocenters. The molecule has 6 aromatic rings. The minimum Gasteiger partial charge on any atom is -0.449 e. The molecule has 10 nitrogen and oxygen atoms in total. The van der Waals surface area contributed by atoms with Crippen LogP contribution in [0.2, 0.25) is 0 Å². The van der Waals surface area contributed by atoms with E-state index < -0.39 is 18.1 Å². The standard InChI is InChI=1S/C45H39BrN6O4/c1-27(2)41(49-45(54)55-26-36-31-13-5-3-11-29(31)30-12-4-6-14-32(30)36)44(53)56-50-42-34-16-8-7-15-33(34)39-35-25-28(46)18-19-37(35)48-43(40(39)42)52-23-21-51(22-24-52)38-17-9-10-20-47-38/h3-20,25,27,36,41H,21-24,26H2,1-2H3,(H,49,54)/b50-42+/t41-/m0/s1. The Hall–Kier alpha value is -6.07. The molecule has 1 N–H and O–H groups in total. The summed E-state index contributed by atoms with van der Waals surface area (Å²) in [6.07, 6.45) is 1.12. The second-order valence-corrected chi connectivity index (χ2v) is 15.5. The number of hydrogen-bond donors (Lipinski definition) is 1. The molecule has 9 rings (SSSR count). The Balaban J connectivity index is 0.988. The van der Waals surface area contributed by atoms with Gasteiger partial charge in [0, 0.05) is 59.3 Å². The number of piperazine rings is 1. The van der Waals surface area contributed by atoms with Gasteiger partial charge in [-0.1, -0.05) is 114 Å². The lowest BCUT2D eigenvalue weighted by Crippen LogP contribution is -2.47. The van der Waals surface area contributed by atoms with E-state index in [-0.39, 0.29) is 18.4 Å².